The van der Waals surface area contributed by atoms with Crippen LogP contribution in [0.3, 0.4) is 0 Å². The average Bonchev–Trinajstić information content (AvgIpc) is 2.28. The second-order valence-electron chi connectivity index (χ2n) is 5.18. The van der Waals surface area contributed by atoms with E-state index in [0.717, 1.165) is 31.0 Å². The van der Waals surface area contributed by atoms with Gasteiger partial charge in [0.1, 0.15) is 17.6 Å². The maximum atomic E-state index is 9.00. The molecular weight excluding hydrogens is 212 g/mol. The van der Waals surface area contributed by atoms with E-state index in [0.29, 0.717) is 5.69 Å². The molecule has 90 valence electrons. The third-order valence-electron chi connectivity index (χ3n) is 3.08. The van der Waals surface area contributed by atoms with Gasteiger partial charge in [-0.2, -0.15) is 5.26 Å². The molecule has 1 fully saturated rings. The smallest absolute Gasteiger partial charge is 0.145 e. The number of pyridine rings is 1. The van der Waals surface area contributed by atoms with Crippen LogP contribution in [0.4, 0.5) is 5.82 Å². The van der Waals surface area contributed by atoms with Crippen LogP contribution in [0.1, 0.15) is 25.1 Å². The molecule has 1 aromatic heterocycles. The van der Waals surface area contributed by atoms with Crippen molar-refractivity contribution in [1.29, 1.82) is 5.26 Å². The number of nitrogens with one attached hydrogen (secondary N) is 1. The van der Waals surface area contributed by atoms with E-state index in [1.54, 1.807) is 0 Å². The Balaban J connectivity index is 2.26. The van der Waals surface area contributed by atoms with Gasteiger partial charge in [-0.3, -0.25) is 0 Å². The van der Waals surface area contributed by atoms with Crippen LogP contribution in [0.25, 0.3) is 0 Å². The van der Waals surface area contributed by atoms with Crippen molar-refractivity contribution in [2.45, 2.75) is 26.3 Å². The van der Waals surface area contributed by atoms with Crippen LogP contribution in [0, 0.1) is 18.3 Å². The van der Waals surface area contributed by atoms with E-state index < -0.39 is 0 Å². The molecule has 1 N–H and O–H groups in total. The Kier molecular flexibility index (Phi) is 3.03. The van der Waals surface area contributed by atoms with Crippen molar-refractivity contribution in [2.75, 3.05) is 24.5 Å². The zero-order valence-corrected chi connectivity index (χ0v) is 10.6. The van der Waals surface area contributed by atoms with Gasteiger partial charge >= 0.3 is 0 Å². The molecule has 0 radical (unpaired) electrons. The van der Waals surface area contributed by atoms with E-state index in [2.05, 4.69) is 35.1 Å². The maximum Gasteiger partial charge on any atom is 0.145 e. The first kappa shape index (κ1) is 11.9. The lowest BCUT2D eigenvalue weighted by atomic mass is 10.0. The molecule has 0 saturated carbocycles. The van der Waals surface area contributed by atoms with Crippen molar-refractivity contribution in [3.63, 3.8) is 0 Å². The number of nitriles is 1. The molecule has 1 aliphatic rings. The maximum absolute atomic E-state index is 9.00. The highest BCUT2D eigenvalue weighted by Gasteiger charge is 2.26. The Bertz CT molecular complexity index is 459. The fraction of sp³-hybridized carbons (Fsp3) is 0.538. The van der Waals surface area contributed by atoms with Crippen LogP contribution in [0.2, 0.25) is 0 Å². The first-order chi connectivity index (χ1) is 8.02. The van der Waals surface area contributed by atoms with Gasteiger partial charge in [-0.1, -0.05) is 6.07 Å². The number of hydrogen-bond donors (Lipinski definition) is 1. The predicted octanol–water partition coefficient (Wildman–Crippen LogP) is 1.45. The molecule has 2 rings (SSSR count). The minimum absolute atomic E-state index is 0.0949. The zero-order chi connectivity index (χ0) is 12.5. The van der Waals surface area contributed by atoms with Gasteiger partial charge in [-0.25, -0.2) is 4.98 Å². The van der Waals surface area contributed by atoms with Crippen molar-refractivity contribution < 1.29 is 0 Å². The molecule has 2 heterocycles. The quantitative estimate of drug-likeness (QED) is 0.793. The summed E-state index contributed by atoms with van der Waals surface area (Å²) >= 11 is 0. The van der Waals surface area contributed by atoms with Crippen molar-refractivity contribution in [1.82, 2.24) is 10.3 Å². The van der Waals surface area contributed by atoms with Gasteiger partial charge in [0.15, 0.2) is 0 Å². The second-order valence-corrected chi connectivity index (χ2v) is 5.18. The molecule has 0 spiro atoms. The van der Waals surface area contributed by atoms with Gasteiger partial charge < -0.3 is 10.2 Å². The van der Waals surface area contributed by atoms with Gasteiger partial charge in [0, 0.05) is 25.2 Å². The van der Waals surface area contributed by atoms with Crippen molar-refractivity contribution in [3.05, 3.63) is 23.4 Å². The summed E-state index contributed by atoms with van der Waals surface area (Å²) in [4.78, 5) is 6.65. The van der Waals surface area contributed by atoms with Crippen LogP contribution in [0.5, 0.6) is 0 Å². The van der Waals surface area contributed by atoms with Crippen molar-refractivity contribution in [3.8, 4) is 6.07 Å². The number of hydrogen-bond acceptors (Lipinski definition) is 4. The van der Waals surface area contributed by atoms with Crippen LogP contribution < -0.4 is 10.2 Å². The molecule has 0 aliphatic carbocycles. The minimum Gasteiger partial charge on any atom is -0.353 e. The summed E-state index contributed by atoms with van der Waals surface area (Å²) in [6.07, 6.45) is 0. The summed E-state index contributed by atoms with van der Waals surface area (Å²) in [5.74, 6) is 0.904. The highest BCUT2D eigenvalue weighted by Crippen LogP contribution is 2.19. The molecule has 1 saturated heterocycles. The number of piperazine rings is 1. The normalized spacial score (nSPS) is 18.8. The lowest BCUT2D eigenvalue weighted by Crippen LogP contribution is -2.57. The molecule has 0 unspecified atom stereocenters. The topological polar surface area (TPSA) is 52.0 Å². The van der Waals surface area contributed by atoms with Gasteiger partial charge in [-0.15, -0.1) is 0 Å². The standard InChI is InChI=1S/C13H18N4/c1-10-4-5-12(16-11(10)8-14)17-7-6-15-13(2,3)9-17/h4-5,15H,6-7,9H2,1-3H3. The van der Waals surface area contributed by atoms with Crippen LogP contribution in [0.15, 0.2) is 12.1 Å². The summed E-state index contributed by atoms with van der Waals surface area (Å²) < 4.78 is 0. The fourth-order valence-electron chi connectivity index (χ4n) is 2.14. The van der Waals surface area contributed by atoms with E-state index in [4.69, 9.17) is 5.26 Å². The third-order valence-corrected chi connectivity index (χ3v) is 3.08. The first-order valence-corrected chi connectivity index (χ1v) is 5.89. The highest BCUT2D eigenvalue weighted by molar-refractivity contribution is 5.45. The average molecular weight is 230 g/mol. The molecule has 4 nitrogen and oxygen atoms in total. The van der Waals surface area contributed by atoms with Crippen molar-refractivity contribution >= 4 is 5.82 Å². The van der Waals surface area contributed by atoms with Crippen LogP contribution in [-0.2, 0) is 0 Å². The van der Waals surface area contributed by atoms with Crippen LogP contribution in [-0.4, -0.2) is 30.2 Å². The Morgan fingerprint density at radius 2 is 2.24 bits per heavy atom. The number of nitrogens with zero attached hydrogens (tertiary/aromatic N) is 3. The second kappa shape index (κ2) is 4.34. The summed E-state index contributed by atoms with van der Waals surface area (Å²) in [5, 5.41) is 12.5. The minimum atomic E-state index is 0.0949. The molecular formula is C13H18N4. The van der Waals surface area contributed by atoms with Gasteiger partial charge in [0.05, 0.1) is 0 Å². The molecule has 0 amide bonds. The third kappa shape index (κ3) is 2.56. The van der Waals surface area contributed by atoms with Gasteiger partial charge in [0.2, 0.25) is 0 Å². The molecule has 17 heavy (non-hydrogen) atoms. The number of anilines is 1. The number of rotatable bonds is 1. The molecule has 1 aliphatic heterocycles. The molecule has 0 bridgehead atoms. The van der Waals surface area contributed by atoms with E-state index >= 15 is 0 Å². The molecule has 1 aromatic rings. The number of aromatic nitrogens is 1. The van der Waals surface area contributed by atoms with Gasteiger partial charge in [0.25, 0.3) is 0 Å². The monoisotopic (exact) mass is 230 g/mol. The molecule has 0 atom stereocenters. The Hall–Kier alpha value is -1.60. The molecule has 4 heteroatoms. The lowest BCUT2D eigenvalue weighted by molar-refractivity contribution is 0.352. The Morgan fingerprint density at radius 3 is 2.88 bits per heavy atom. The van der Waals surface area contributed by atoms with E-state index in [1.165, 1.54) is 0 Å². The summed E-state index contributed by atoms with van der Waals surface area (Å²) in [5.41, 5.74) is 1.56. The van der Waals surface area contributed by atoms with E-state index in [1.807, 2.05) is 19.1 Å². The van der Waals surface area contributed by atoms with Crippen molar-refractivity contribution in [2.24, 2.45) is 0 Å². The zero-order valence-electron chi connectivity index (χ0n) is 10.6. The number of aryl methyl sites for hydroxylation is 1. The largest absolute Gasteiger partial charge is 0.353 e. The SMILES string of the molecule is Cc1ccc(N2CCNC(C)(C)C2)nc1C#N. The van der Waals surface area contributed by atoms with Crippen LogP contribution >= 0.6 is 0 Å². The fourth-order valence-corrected chi connectivity index (χ4v) is 2.14. The Labute approximate surface area is 102 Å². The Morgan fingerprint density at radius 1 is 1.47 bits per heavy atom. The lowest BCUT2D eigenvalue weighted by Gasteiger charge is -2.39. The first-order valence-electron chi connectivity index (χ1n) is 5.89. The predicted molar refractivity (Wildman–Crippen MR) is 68.0 cm³/mol. The van der Waals surface area contributed by atoms with E-state index in [-0.39, 0.29) is 5.54 Å². The molecule has 0 aromatic carbocycles. The summed E-state index contributed by atoms with van der Waals surface area (Å²) in [7, 11) is 0. The van der Waals surface area contributed by atoms with Gasteiger partial charge in [-0.05, 0) is 32.4 Å². The highest BCUT2D eigenvalue weighted by atomic mass is 15.3. The summed E-state index contributed by atoms with van der Waals surface area (Å²) in [6.45, 7) is 9.07. The summed E-state index contributed by atoms with van der Waals surface area (Å²) in [6, 6.07) is 6.11. The van der Waals surface area contributed by atoms with E-state index in [9.17, 15) is 0 Å².